The molecule has 27 heavy (non-hydrogen) atoms. The van der Waals surface area contributed by atoms with Crippen molar-refractivity contribution in [1.82, 2.24) is 14.5 Å². The van der Waals surface area contributed by atoms with Gasteiger partial charge < -0.3 is 10.1 Å². The molecule has 8 nitrogen and oxygen atoms in total. The van der Waals surface area contributed by atoms with E-state index in [1.165, 1.54) is 18.2 Å². The number of halogens is 3. The van der Waals surface area contributed by atoms with Gasteiger partial charge in [0.1, 0.15) is 17.6 Å². The maximum absolute atomic E-state index is 12.5. The molecule has 2 heterocycles. The van der Waals surface area contributed by atoms with E-state index >= 15 is 0 Å². The largest absolute Gasteiger partial charge is 0.379 e. The molecule has 3 rings (SSSR count). The fourth-order valence-electron chi connectivity index (χ4n) is 2.93. The number of morpholine rings is 1. The Morgan fingerprint density at radius 1 is 1.22 bits per heavy atom. The number of hydrogen-bond donors (Lipinski definition) is 1. The summed E-state index contributed by atoms with van der Waals surface area (Å²) in [6.07, 6.45) is -0.998. The summed E-state index contributed by atoms with van der Waals surface area (Å²) in [6, 6.07) is 5.76. The second-order valence-corrected chi connectivity index (χ2v) is 10.2. The molecule has 1 aromatic carbocycles. The van der Waals surface area contributed by atoms with Crippen LogP contribution in [-0.4, -0.2) is 72.2 Å². The Labute approximate surface area is 171 Å². The highest BCUT2D eigenvalue weighted by Crippen LogP contribution is 2.33. The van der Waals surface area contributed by atoms with Crippen LogP contribution in [0.4, 0.5) is 0 Å². The standard InChI is InChI=1S/C15H16Cl3N3O5S/c16-15(17,18)14(20-5-7-26-8-6-20)19-12(22)9-21-13(23)10-3-1-2-4-11(10)27(21,24)25/h1-4,14H,5-9H2,(H,19,22)/t14-/m0/s1. The highest BCUT2D eigenvalue weighted by atomic mass is 35.6. The number of carbonyl (C=O) groups is 2. The highest BCUT2D eigenvalue weighted by molar-refractivity contribution is 7.90. The third kappa shape index (κ3) is 4.18. The summed E-state index contributed by atoms with van der Waals surface area (Å²) >= 11 is 18.0. The number of nitrogens with one attached hydrogen (secondary N) is 1. The number of carbonyl (C=O) groups excluding carboxylic acids is 2. The van der Waals surface area contributed by atoms with Crippen LogP contribution < -0.4 is 5.32 Å². The van der Waals surface area contributed by atoms with E-state index in [4.69, 9.17) is 39.5 Å². The lowest BCUT2D eigenvalue weighted by atomic mass is 10.2. The number of fused-ring (bicyclic) bond motifs is 1. The van der Waals surface area contributed by atoms with Crippen molar-refractivity contribution in [2.24, 2.45) is 0 Å². The molecule has 1 atom stereocenters. The van der Waals surface area contributed by atoms with Gasteiger partial charge in [-0.1, -0.05) is 46.9 Å². The van der Waals surface area contributed by atoms with Crippen molar-refractivity contribution < 1.29 is 22.7 Å². The van der Waals surface area contributed by atoms with Crippen molar-refractivity contribution in [2.45, 2.75) is 14.9 Å². The Morgan fingerprint density at radius 2 is 1.85 bits per heavy atom. The van der Waals surface area contributed by atoms with Crippen molar-refractivity contribution in [1.29, 1.82) is 0 Å². The first-order valence-corrected chi connectivity index (χ1v) is 10.5. The molecule has 1 N–H and O–H groups in total. The molecule has 0 unspecified atom stereocenters. The van der Waals surface area contributed by atoms with E-state index < -0.39 is 38.3 Å². The van der Waals surface area contributed by atoms with E-state index in [1.807, 2.05) is 0 Å². The monoisotopic (exact) mass is 455 g/mol. The molecule has 1 aromatic rings. The van der Waals surface area contributed by atoms with Gasteiger partial charge in [-0.25, -0.2) is 12.7 Å². The van der Waals surface area contributed by atoms with Gasteiger partial charge in [0, 0.05) is 13.1 Å². The van der Waals surface area contributed by atoms with Gasteiger partial charge in [0.2, 0.25) is 9.70 Å². The molecule has 0 bridgehead atoms. The number of hydrogen-bond acceptors (Lipinski definition) is 6. The van der Waals surface area contributed by atoms with Gasteiger partial charge in [-0.3, -0.25) is 14.5 Å². The van der Waals surface area contributed by atoms with Gasteiger partial charge in [-0.05, 0) is 12.1 Å². The number of ether oxygens (including phenoxy) is 1. The topological polar surface area (TPSA) is 96.0 Å². The van der Waals surface area contributed by atoms with Crippen LogP contribution >= 0.6 is 34.8 Å². The molecule has 0 aromatic heterocycles. The van der Waals surface area contributed by atoms with E-state index in [-0.39, 0.29) is 10.5 Å². The quantitative estimate of drug-likeness (QED) is 0.679. The number of nitrogens with zero attached hydrogens (tertiary/aromatic N) is 2. The normalized spacial score (nSPS) is 21.0. The van der Waals surface area contributed by atoms with Crippen LogP contribution in [0, 0.1) is 0 Å². The van der Waals surface area contributed by atoms with E-state index in [2.05, 4.69) is 5.32 Å². The van der Waals surface area contributed by atoms with Crippen LogP contribution in [0.5, 0.6) is 0 Å². The van der Waals surface area contributed by atoms with E-state index in [0.717, 1.165) is 0 Å². The van der Waals surface area contributed by atoms with Crippen LogP contribution in [0.1, 0.15) is 10.4 Å². The van der Waals surface area contributed by atoms with Crippen LogP contribution in [0.15, 0.2) is 29.2 Å². The molecular weight excluding hydrogens is 441 g/mol. The van der Waals surface area contributed by atoms with Crippen molar-refractivity contribution in [3.05, 3.63) is 29.8 Å². The number of sulfonamides is 1. The summed E-state index contributed by atoms with van der Waals surface area (Å²) in [5.74, 6) is -1.53. The Kier molecular flexibility index (Phi) is 5.90. The number of alkyl halides is 3. The third-order valence-electron chi connectivity index (χ3n) is 4.22. The number of amides is 2. The number of rotatable bonds is 4. The maximum atomic E-state index is 12.5. The number of benzene rings is 1. The summed E-state index contributed by atoms with van der Waals surface area (Å²) < 4.78 is 29.0. The molecule has 1 saturated heterocycles. The van der Waals surface area contributed by atoms with Gasteiger partial charge >= 0.3 is 0 Å². The predicted octanol–water partition coefficient (Wildman–Crippen LogP) is 0.976. The van der Waals surface area contributed by atoms with E-state index in [0.29, 0.717) is 30.6 Å². The molecule has 0 saturated carbocycles. The van der Waals surface area contributed by atoms with Crippen molar-refractivity contribution in [3.63, 3.8) is 0 Å². The van der Waals surface area contributed by atoms with Crippen molar-refractivity contribution >= 4 is 56.6 Å². The second kappa shape index (κ2) is 7.73. The first-order valence-electron chi connectivity index (χ1n) is 7.96. The van der Waals surface area contributed by atoms with E-state index in [1.54, 1.807) is 11.0 Å². The van der Waals surface area contributed by atoms with Gasteiger partial charge in [0.15, 0.2) is 0 Å². The molecule has 2 aliphatic heterocycles. The lowest BCUT2D eigenvalue weighted by Gasteiger charge is -2.38. The fraction of sp³-hybridized carbons (Fsp3) is 0.467. The SMILES string of the molecule is O=C(CN1C(=O)c2ccccc2S1(=O)=O)N[C@@H](N1CCOCC1)C(Cl)(Cl)Cl. The minimum Gasteiger partial charge on any atom is -0.379 e. The molecule has 0 aliphatic carbocycles. The zero-order chi connectivity index (χ0) is 19.8. The van der Waals surface area contributed by atoms with E-state index in [9.17, 15) is 18.0 Å². The molecule has 12 heteroatoms. The molecule has 148 valence electrons. The predicted molar refractivity (Wildman–Crippen MR) is 99.3 cm³/mol. The Hall–Kier alpha value is -1.10. The first kappa shape index (κ1) is 20.6. The van der Waals surface area contributed by atoms with Crippen LogP contribution in [0.25, 0.3) is 0 Å². The molecule has 2 amide bonds. The second-order valence-electron chi connectivity index (χ2n) is 5.97. The minimum atomic E-state index is -4.10. The summed E-state index contributed by atoms with van der Waals surface area (Å²) in [5.41, 5.74) is 0.0245. The Morgan fingerprint density at radius 3 is 2.44 bits per heavy atom. The lowest BCUT2D eigenvalue weighted by Crippen LogP contribution is -2.59. The van der Waals surface area contributed by atoms with Gasteiger partial charge in [0.05, 0.1) is 18.8 Å². The van der Waals surface area contributed by atoms with Crippen LogP contribution in [0.3, 0.4) is 0 Å². The van der Waals surface area contributed by atoms with Crippen molar-refractivity contribution in [3.8, 4) is 0 Å². The van der Waals surface area contributed by atoms with Crippen LogP contribution in [-0.2, 0) is 19.6 Å². The first-order chi connectivity index (χ1) is 12.6. The Bertz CT molecular complexity index is 852. The zero-order valence-corrected chi connectivity index (χ0v) is 17.0. The summed E-state index contributed by atoms with van der Waals surface area (Å²) in [6.45, 7) is 0.941. The molecule has 2 aliphatic rings. The molecule has 0 spiro atoms. The van der Waals surface area contributed by atoms with Crippen LogP contribution in [0.2, 0.25) is 0 Å². The zero-order valence-electron chi connectivity index (χ0n) is 13.9. The summed E-state index contributed by atoms with van der Waals surface area (Å²) in [7, 11) is -4.10. The van der Waals surface area contributed by atoms with Crippen molar-refractivity contribution in [2.75, 3.05) is 32.8 Å². The highest BCUT2D eigenvalue weighted by Gasteiger charge is 2.44. The fourth-order valence-corrected chi connectivity index (χ4v) is 5.03. The molecule has 1 fully saturated rings. The average molecular weight is 457 g/mol. The Balaban J connectivity index is 1.76. The smallest absolute Gasteiger partial charge is 0.269 e. The lowest BCUT2D eigenvalue weighted by molar-refractivity contribution is -0.123. The van der Waals surface area contributed by atoms with Gasteiger partial charge in [-0.2, -0.15) is 0 Å². The average Bonchev–Trinajstić information content (AvgIpc) is 2.81. The van der Waals surface area contributed by atoms with Gasteiger partial charge in [-0.15, -0.1) is 0 Å². The minimum absolute atomic E-state index is 0.0245. The van der Waals surface area contributed by atoms with Gasteiger partial charge in [0.25, 0.3) is 15.9 Å². The summed E-state index contributed by atoms with van der Waals surface area (Å²) in [5, 5.41) is 2.52. The third-order valence-corrected chi connectivity index (χ3v) is 6.62. The maximum Gasteiger partial charge on any atom is 0.269 e. The molecule has 0 radical (unpaired) electrons. The molecular formula is C15H16Cl3N3O5S. The summed E-state index contributed by atoms with van der Waals surface area (Å²) in [4.78, 5) is 26.5.